The van der Waals surface area contributed by atoms with Crippen LogP contribution in [-0.4, -0.2) is 72.6 Å². The number of hydrogen-bond donors (Lipinski definition) is 0. The Labute approximate surface area is 159 Å². The summed E-state index contributed by atoms with van der Waals surface area (Å²) in [6.07, 6.45) is 4.84. The van der Waals surface area contributed by atoms with Crippen LogP contribution in [0.5, 0.6) is 0 Å². The van der Waals surface area contributed by atoms with Gasteiger partial charge in [-0.3, -0.25) is 9.78 Å². The number of likely N-dealkylation sites (N-methyl/N-ethyl adjacent to an activating group) is 1. The lowest BCUT2D eigenvalue weighted by molar-refractivity contribution is 0.0740. The Bertz CT molecular complexity index is 887. The van der Waals surface area contributed by atoms with Crippen LogP contribution in [0.1, 0.15) is 22.5 Å². The number of nitrogens with zero attached hydrogens (tertiary/aromatic N) is 5. The van der Waals surface area contributed by atoms with Crippen LogP contribution >= 0.6 is 0 Å². The molecule has 0 aromatic carbocycles. The molecular weight excluding hydrogens is 366 g/mol. The molecular formula is C18H23N5O3S. The number of carbonyl (C=O) groups excluding carboxylic acids is 1. The highest BCUT2D eigenvalue weighted by molar-refractivity contribution is 7.91. The summed E-state index contributed by atoms with van der Waals surface area (Å²) in [5, 5.41) is 8.19. The highest BCUT2D eigenvalue weighted by atomic mass is 32.2. The van der Waals surface area contributed by atoms with Crippen LogP contribution in [0.4, 0.5) is 5.82 Å². The van der Waals surface area contributed by atoms with Gasteiger partial charge in [-0.15, -0.1) is 10.2 Å². The predicted octanol–water partition coefficient (Wildman–Crippen LogP) is 0.810. The van der Waals surface area contributed by atoms with Gasteiger partial charge in [0.05, 0.1) is 11.5 Å². The van der Waals surface area contributed by atoms with E-state index >= 15 is 0 Å². The van der Waals surface area contributed by atoms with Crippen molar-refractivity contribution in [2.75, 3.05) is 37.0 Å². The van der Waals surface area contributed by atoms with Crippen LogP contribution in [0.15, 0.2) is 36.7 Å². The molecule has 0 N–H and O–H groups in total. The molecule has 3 heterocycles. The molecule has 2 aromatic rings. The van der Waals surface area contributed by atoms with E-state index in [-0.39, 0.29) is 29.1 Å². The molecule has 0 radical (unpaired) electrons. The highest BCUT2D eigenvalue weighted by Crippen LogP contribution is 2.18. The van der Waals surface area contributed by atoms with Crippen molar-refractivity contribution in [2.24, 2.45) is 0 Å². The average Bonchev–Trinajstić information content (AvgIpc) is 3.05. The van der Waals surface area contributed by atoms with Crippen molar-refractivity contribution in [1.82, 2.24) is 20.1 Å². The first-order valence-corrected chi connectivity index (χ1v) is 10.6. The fraction of sp³-hybridized carbons (Fsp3) is 0.444. The molecule has 8 nitrogen and oxygen atoms in total. The number of anilines is 1. The third-order valence-electron chi connectivity index (χ3n) is 4.82. The molecule has 1 saturated heterocycles. The highest BCUT2D eigenvalue weighted by Gasteiger charge is 2.33. The van der Waals surface area contributed by atoms with E-state index in [2.05, 4.69) is 15.2 Å². The van der Waals surface area contributed by atoms with Crippen LogP contribution in [0.25, 0.3) is 0 Å². The van der Waals surface area contributed by atoms with Crippen molar-refractivity contribution in [3.05, 3.63) is 47.9 Å². The van der Waals surface area contributed by atoms with E-state index in [1.165, 1.54) is 10.5 Å². The zero-order valence-electron chi connectivity index (χ0n) is 15.4. The van der Waals surface area contributed by atoms with E-state index < -0.39 is 9.84 Å². The number of sulfone groups is 1. The Balaban J connectivity index is 1.60. The maximum atomic E-state index is 12.5. The largest absolute Gasteiger partial charge is 0.358 e. The third kappa shape index (κ3) is 4.79. The van der Waals surface area contributed by atoms with Crippen LogP contribution in [-0.2, 0) is 16.3 Å². The second kappa shape index (κ2) is 7.99. The van der Waals surface area contributed by atoms with Crippen molar-refractivity contribution in [3.8, 4) is 0 Å². The molecule has 1 fully saturated rings. The second-order valence-corrected chi connectivity index (χ2v) is 9.01. The summed E-state index contributed by atoms with van der Waals surface area (Å²) in [6, 6.07) is 7.03. The summed E-state index contributed by atoms with van der Waals surface area (Å²) < 4.78 is 23.2. The maximum Gasteiger partial charge on any atom is 0.274 e. The molecule has 0 bridgehead atoms. The van der Waals surface area contributed by atoms with Gasteiger partial charge in [0, 0.05) is 39.1 Å². The quantitative estimate of drug-likeness (QED) is 0.721. The standard InChI is InChI=1S/C18H23N5O3S/c1-22(11-7-14-5-9-19-10-6-14)17-4-3-16(20-21-17)18(24)23(2)15-8-12-27(25,26)13-15/h3-6,9-10,15H,7-8,11-13H2,1-2H3. The SMILES string of the molecule is CN(CCc1ccncc1)c1ccc(C(=O)N(C)C2CCS(=O)(=O)C2)nn1. The molecule has 27 heavy (non-hydrogen) atoms. The summed E-state index contributed by atoms with van der Waals surface area (Å²) >= 11 is 0. The molecule has 2 aromatic heterocycles. The van der Waals surface area contributed by atoms with Crippen LogP contribution in [0.3, 0.4) is 0 Å². The topological polar surface area (TPSA) is 96.4 Å². The first-order chi connectivity index (χ1) is 12.9. The minimum Gasteiger partial charge on any atom is -0.358 e. The lowest BCUT2D eigenvalue weighted by Gasteiger charge is -2.23. The monoisotopic (exact) mass is 389 g/mol. The van der Waals surface area contributed by atoms with Crippen LogP contribution in [0.2, 0.25) is 0 Å². The Morgan fingerprint density at radius 2 is 1.89 bits per heavy atom. The van der Waals surface area contributed by atoms with Gasteiger partial charge in [-0.25, -0.2) is 8.42 Å². The number of pyridine rings is 1. The van der Waals surface area contributed by atoms with Crippen molar-refractivity contribution in [1.29, 1.82) is 0 Å². The lowest BCUT2D eigenvalue weighted by Crippen LogP contribution is -2.38. The van der Waals surface area contributed by atoms with Crippen molar-refractivity contribution in [3.63, 3.8) is 0 Å². The molecule has 3 rings (SSSR count). The molecule has 1 aliphatic heterocycles. The van der Waals surface area contributed by atoms with Gasteiger partial charge in [0.2, 0.25) is 0 Å². The van der Waals surface area contributed by atoms with Gasteiger partial charge < -0.3 is 9.80 Å². The number of hydrogen-bond acceptors (Lipinski definition) is 7. The van der Waals surface area contributed by atoms with Gasteiger partial charge in [0.15, 0.2) is 21.3 Å². The van der Waals surface area contributed by atoms with Gasteiger partial charge >= 0.3 is 0 Å². The van der Waals surface area contributed by atoms with Crippen molar-refractivity contribution >= 4 is 21.6 Å². The smallest absolute Gasteiger partial charge is 0.274 e. The van der Waals surface area contributed by atoms with E-state index in [0.717, 1.165) is 13.0 Å². The number of rotatable bonds is 6. The molecule has 1 unspecified atom stereocenters. The molecule has 9 heteroatoms. The van der Waals surface area contributed by atoms with Crippen LogP contribution in [0, 0.1) is 0 Å². The fourth-order valence-corrected chi connectivity index (χ4v) is 4.81. The number of amides is 1. The van der Waals surface area contributed by atoms with Crippen molar-refractivity contribution in [2.45, 2.75) is 18.9 Å². The van der Waals surface area contributed by atoms with E-state index in [1.54, 1.807) is 31.6 Å². The zero-order valence-corrected chi connectivity index (χ0v) is 16.3. The average molecular weight is 389 g/mol. The van der Waals surface area contributed by atoms with Crippen LogP contribution < -0.4 is 4.90 Å². The van der Waals surface area contributed by atoms with E-state index in [1.807, 2.05) is 24.1 Å². The molecule has 0 aliphatic carbocycles. The number of aromatic nitrogens is 3. The first-order valence-electron chi connectivity index (χ1n) is 8.77. The van der Waals surface area contributed by atoms with Gasteiger partial charge in [-0.2, -0.15) is 0 Å². The molecule has 144 valence electrons. The Kier molecular flexibility index (Phi) is 5.69. The van der Waals surface area contributed by atoms with Crippen molar-refractivity contribution < 1.29 is 13.2 Å². The van der Waals surface area contributed by atoms with Gasteiger partial charge in [0.25, 0.3) is 5.91 Å². The van der Waals surface area contributed by atoms with Gasteiger partial charge in [-0.1, -0.05) is 0 Å². The molecule has 0 saturated carbocycles. The molecule has 1 atom stereocenters. The fourth-order valence-electron chi connectivity index (χ4n) is 3.03. The summed E-state index contributed by atoms with van der Waals surface area (Å²) in [5.74, 6) is 0.503. The Morgan fingerprint density at radius 1 is 1.15 bits per heavy atom. The lowest BCUT2D eigenvalue weighted by atomic mass is 10.2. The normalized spacial score (nSPS) is 18.2. The van der Waals surface area contributed by atoms with E-state index in [0.29, 0.717) is 12.2 Å². The zero-order chi connectivity index (χ0) is 19.4. The maximum absolute atomic E-state index is 12.5. The second-order valence-electron chi connectivity index (χ2n) is 6.78. The van der Waals surface area contributed by atoms with E-state index in [9.17, 15) is 13.2 Å². The van der Waals surface area contributed by atoms with E-state index in [4.69, 9.17) is 0 Å². The summed E-state index contributed by atoms with van der Waals surface area (Å²) in [7, 11) is 0.490. The summed E-state index contributed by atoms with van der Waals surface area (Å²) in [5.41, 5.74) is 1.40. The Hall–Kier alpha value is -2.55. The molecule has 1 amide bonds. The van der Waals surface area contributed by atoms with Gasteiger partial charge in [-0.05, 0) is 42.7 Å². The minimum absolute atomic E-state index is 0.0124. The number of carbonyl (C=O) groups is 1. The summed E-state index contributed by atoms with van der Waals surface area (Å²) in [6.45, 7) is 0.756. The molecule has 0 spiro atoms. The molecule has 1 aliphatic rings. The minimum atomic E-state index is -3.04. The third-order valence-corrected chi connectivity index (χ3v) is 6.57. The Morgan fingerprint density at radius 3 is 2.48 bits per heavy atom. The predicted molar refractivity (Wildman–Crippen MR) is 102 cm³/mol. The van der Waals surface area contributed by atoms with Gasteiger partial charge in [0.1, 0.15) is 0 Å². The first kappa shape index (κ1) is 19.2. The summed E-state index contributed by atoms with van der Waals surface area (Å²) in [4.78, 5) is 20.0.